The van der Waals surface area contributed by atoms with Crippen LogP contribution in [0, 0.1) is 5.92 Å². The highest BCUT2D eigenvalue weighted by Crippen LogP contribution is 2.34. The molecule has 168 valence electrons. The molecule has 0 radical (unpaired) electrons. The van der Waals surface area contributed by atoms with E-state index in [4.69, 9.17) is 18.9 Å². The van der Waals surface area contributed by atoms with E-state index in [1.54, 1.807) is 55.5 Å². The van der Waals surface area contributed by atoms with Gasteiger partial charge in [-0.3, -0.25) is 9.59 Å². The van der Waals surface area contributed by atoms with Gasteiger partial charge in [0.25, 0.3) is 0 Å². The van der Waals surface area contributed by atoms with Crippen LogP contribution in [0.3, 0.4) is 0 Å². The maximum absolute atomic E-state index is 12.7. The second kappa shape index (κ2) is 9.64. The lowest BCUT2D eigenvalue weighted by molar-refractivity contribution is -0.130. The molecule has 0 unspecified atom stereocenters. The second-order valence-corrected chi connectivity index (χ2v) is 7.64. The molecule has 2 aromatic rings. The van der Waals surface area contributed by atoms with Gasteiger partial charge in [-0.2, -0.15) is 0 Å². The lowest BCUT2D eigenvalue weighted by Crippen LogP contribution is -2.40. The fourth-order valence-electron chi connectivity index (χ4n) is 3.78. The number of hydrogen-bond donors (Lipinski definition) is 1. The van der Waals surface area contributed by atoms with Gasteiger partial charge >= 0.3 is 0 Å². The van der Waals surface area contributed by atoms with Crippen molar-refractivity contribution in [2.75, 3.05) is 39.4 Å². The number of carbonyl (C=O) groups is 2. The molecule has 2 aliphatic rings. The molecule has 0 aliphatic carbocycles. The third kappa shape index (κ3) is 4.96. The first-order valence-corrected chi connectivity index (χ1v) is 10.5. The number of nitrogens with one attached hydrogen (secondary N) is 1. The Morgan fingerprint density at radius 2 is 1.69 bits per heavy atom. The highest BCUT2D eigenvalue weighted by atomic mass is 16.7. The minimum absolute atomic E-state index is 0.0463. The van der Waals surface area contributed by atoms with E-state index in [1.165, 1.54) is 0 Å². The molecule has 2 aliphatic heterocycles. The molecule has 1 fully saturated rings. The van der Waals surface area contributed by atoms with Crippen LogP contribution in [0.2, 0.25) is 0 Å². The Balaban J connectivity index is 1.30. The topological polar surface area (TPSA) is 86.3 Å². The Labute approximate surface area is 186 Å². The van der Waals surface area contributed by atoms with Gasteiger partial charge in [-0.1, -0.05) is 0 Å². The molecule has 2 aromatic carbocycles. The summed E-state index contributed by atoms with van der Waals surface area (Å²) in [5.74, 6) is 2.35. The fourth-order valence-corrected chi connectivity index (χ4v) is 3.78. The van der Waals surface area contributed by atoms with Crippen LogP contribution in [0.15, 0.2) is 42.5 Å². The molecule has 0 saturated carbocycles. The summed E-state index contributed by atoms with van der Waals surface area (Å²) in [7, 11) is 3.17. The van der Waals surface area contributed by atoms with Crippen molar-refractivity contribution in [2.45, 2.75) is 12.8 Å². The number of ether oxygens (including phenoxy) is 4. The van der Waals surface area contributed by atoms with Crippen molar-refractivity contribution in [1.82, 2.24) is 4.90 Å². The van der Waals surface area contributed by atoms with E-state index in [1.807, 2.05) is 12.1 Å². The first-order valence-electron chi connectivity index (χ1n) is 10.5. The van der Waals surface area contributed by atoms with Gasteiger partial charge in [-0.05, 0) is 48.7 Å². The number of fused-ring (bicyclic) bond motifs is 1. The van der Waals surface area contributed by atoms with E-state index < -0.39 is 0 Å². The molecule has 8 heteroatoms. The van der Waals surface area contributed by atoms with Gasteiger partial charge in [-0.15, -0.1) is 0 Å². The van der Waals surface area contributed by atoms with Crippen molar-refractivity contribution in [3.63, 3.8) is 0 Å². The Morgan fingerprint density at radius 3 is 2.38 bits per heavy atom. The van der Waals surface area contributed by atoms with E-state index in [9.17, 15) is 9.59 Å². The molecule has 1 saturated heterocycles. The number of methoxy groups -OCH3 is 2. The minimum atomic E-state index is -0.143. The Kier molecular flexibility index (Phi) is 6.49. The molecular formula is C24H26N2O6. The Bertz CT molecular complexity index is 1000. The van der Waals surface area contributed by atoms with Gasteiger partial charge in [-0.25, -0.2) is 0 Å². The van der Waals surface area contributed by atoms with Crippen molar-refractivity contribution in [3.8, 4) is 23.0 Å². The molecular weight excluding hydrogens is 412 g/mol. The number of carbonyl (C=O) groups excluding carboxylic acids is 2. The monoisotopic (exact) mass is 438 g/mol. The number of likely N-dealkylation sites (tertiary alicyclic amines) is 1. The summed E-state index contributed by atoms with van der Waals surface area (Å²) >= 11 is 0. The highest BCUT2D eigenvalue weighted by molar-refractivity contribution is 5.94. The van der Waals surface area contributed by atoms with Crippen LogP contribution in [0.1, 0.15) is 18.4 Å². The molecule has 0 aromatic heterocycles. The highest BCUT2D eigenvalue weighted by Gasteiger charge is 2.27. The van der Waals surface area contributed by atoms with Crippen molar-refractivity contribution in [2.24, 2.45) is 5.92 Å². The van der Waals surface area contributed by atoms with E-state index in [0.717, 1.165) is 5.56 Å². The number of piperidine rings is 1. The average molecular weight is 438 g/mol. The summed E-state index contributed by atoms with van der Waals surface area (Å²) in [5.41, 5.74) is 1.49. The number of benzene rings is 2. The fraction of sp³-hybridized carbons (Fsp3) is 0.333. The molecule has 0 atom stereocenters. The zero-order chi connectivity index (χ0) is 22.5. The van der Waals surface area contributed by atoms with E-state index in [0.29, 0.717) is 54.6 Å². The first-order chi connectivity index (χ1) is 15.6. The van der Waals surface area contributed by atoms with Gasteiger partial charge in [0.2, 0.25) is 18.6 Å². The SMILES string of the molecule is COc1cc(C=CC(=O)N2CCC(C(=O)Nc3ccc4c(c3)OCO4)CC2)cc(OC)c1. The van der Waals surface area contributed by atoms with Gasteiger partial charge in [0.15, 0.2) is 11.5 Å². The molecule has 2 heterocycles. The van der Waals surface area contributed by atoms with Crippen LogP contribution in [0.4, 0.5) is 5.69 Å². The third-order valence-electron chi connectivity index (χ3n) is 5.61. The minimum Gasteiger partial charge on any atom is -0.497 e. The molecule has 1 N–H and O–H groups in total. The normalized spacial score (nSPS) is 15.6. The van der Waals surface area contributed by atoms with E-state index >= 15 is 0 Å². The van der Waals surface area contributed by atoms with E-state index in [-0.39, 0.29) is 24.5 Å². The van der Waals surface area contributed by atoms with Gasteiger partial charge in [0.1, 0.15) is 11.5 Å². The smallest absolute Gasteiger partial charge is 0.246 e. The number of hydrogen-bond acceptors (Lipinski definition) is 6. The van der Waals surface area contributed by atoms with Crippen molar-refractivity contribution >= 4 is 23.6 Å². The maximum Gasteiger partial charge on any atom is 0.246 e. The quantitative estimate of drug-likeness (QED) is 0.697. The number of nitrogens with zero attached hydrogens (tertiary/aromatic N) is 1. The van der Waals surface area contributed by atoms with Crippen molar-refractivity contribution in [1.29, 1.82) is 0 Å². The summed E-state index contributed by atoms with van der Waals surface area (Å²) in [4.78, 5) is 27.0. The lowest BCUT2D eigenvalue weighted by Gasteiger charge is -2.30. The number of anilines is 1. The summed E-state index contributed by atoms with van der Waals surface area (Å²) < 4.78 is 21.2. The molecule has 2 amide bonds. The van der Waals surface area contributed by atoms with E-state index in [2.05, 4.69) is 5.32 Å². The van der Waals surface area contributed by atoms with Crippen molar-refractivity contribution < 1.29 is 28.5 Å². The standard InChI is InChI=1S/C24H26N2O6/c1-29-19-11-16(12-20(14-19)30-2)3-6-23(27)26-9-7-17(8-10-26)24(28)25-18-4-5-21-22(13-18)32-15-31-21/h3-6,11-14,17H,7-10,15H2,1-2H3,(H,25,28). The van der Waals surface area contributed by atoms with Gasteiger partial charge < -0.3 is 29.2 Å². The summed E-state index contributed by atoms with van der Waals surface area (Å²) in [6, 6.07) is 10.8. The molecule has 0 bridgehead atoms. The summed E-state index contributed by atoms with van der Waals surface area (Å²) in [6.45, 7) is 1.26. The second-order valence-electron chi connectivity index (χ2n) is 7.64. The zero-order valence-corrected chi connectivity index (χ0v) is 18.1. The number of rotatable bonds is 6. The molecule has 0 spiro atoms. The van der Waals surface area contributed by atoms with Crippen LogP contribution in [0.25, 0.3) is 6.08 Å². The predicted molar refractivity (Wildman–Crippen MR) is 119 cm³/mol. The molecule has 4 rings (SSSR count). The van der Waals surface area contributed by atoms with Crippen LogP contribution in [0.5, 0.6) is 23.0 Å². The third-order valence-corrected chi connectivity index (χ3v) is 5.61. The van der Waals surface area contributed by atoms with Crippen LogP contribution in [-0.2, 0) is 9.59 Å². The number of amides is 2. The maximum atomic E-state index is 12.7. The van der Waals surface area contributed by atoms with Gasteiger partial charge in [0.05, 0.1) is 14.2 Å². The van der Waals surface area contributed by atoms with Crippen molar-refractivity contribution in [3.05, 3.63) is 48.0 Å². The van der Waals surface area contributed by atoms with Gasteiger partial charge in [0, 0.05) is 42.9 Å². The van der Waals surface area contributed by atoms with Crippen LogP contribution >= 0.6 is 0 Å². The lowest BCUT2D eigenvalue weighted by atomic mass is 9.95. The molecule has 8 nitrogen and oxygen atoms in total. The first kappa shape index (κ1) is 21.5. The largest absolute Gasteiger partial charge is 0.497 e. The van der Waals surface area contributed by atoms with Crippen LogP contribution in [-0.4, -0.2) is 50.8 Å². The zero-order valence-electron chi connectivity index (χ0n) is 18.1. The van der Waals surface area contributed by atoms with Crippen LogP contribution < -0.4 is 24.3 Å². The average Bonchev–Trinajstić information content (AvgIpc) is 3.30. The molecule has 32 heavy (non-hydrogen) atoms. The summed E-state index contributed by atoms with van der Waals surface area (Å²) in [5, 5.41) is 2.94. The summed E-state index contributed by atoms with van der Waals surface area (Å²) in [6.07, 6.45) is 4.51. The Hall–Kier alpha value is -3.68. The Morgan fingerprint density at radius 1 is 1.00 bits per heavy atom. The predicted octanol–water partition coefficient (Wildman–Crippen LogP) is 3.32.